The quantitative estimate of drug-likeness (QED) is 0.459. The molecule has 0 aromatic rings. The number of rotatable bonds is 1. The zero-order chi connectivity index (χ0) is 5.98. The molecule has 0 aromatic carbocycles. The van der Waals surface area contributed by atoms with Gasteiger partial charge in [0.05, 0.1) is 24.4 Å². The van der Waals surface area contributed by atoms with E-state index in [1.165, 1.54) is 0 Å². The average Bonchev–Trinajstić information content (AvgIpc) is 2.12. The van der Waals surface area contributed by atoms with Crippen molar-refractivity contribution in [1.29, 1.82) is 0 Å². The first-order valence-corrected chi connectivity index (χ1v) is 2.82. The van der Waals surface area contributed by atoms with Crippen molar-refractivity contribution in [3.05, 3.63) is 0 Å². The Morgan fingerprint density at radius 1 is 1.88 bits per heavy atom. The maximum Gasteiger partial charge on any atom is 0.0972 e. The third-order valence-corrected chi connectivity index (χ3v) is 1.34. The molecule has 1 unspecified atom stereocenters. The van der Waals surface area contributed by atoms with E-state index in [4.69, 9.17) is 22.7 Å². The van der Waals surface area contributed by atoms with Crippen molar-refractivity contribution in [2.24, 2.45) is 5.73 Å². The van der Waals surface area contributed by atoms with Crippen molar-refractivity contribution in [3.63, 3.8) is 0 Å². The van der Waals surface area contributed by atoms with Crippen molar-refractivity contribution in [2.75, 3.05) is 13.3 Å². The number of hydrogen-bond donors (Lipinski definition) is 2. The van der Waals surface area contributed by atoms with Gasteiger partial charge in [-0.2, -0.15) is 0 Å². The lowest BCUT2D eigenvalue weighted by Crippen LogP contribution is -2.36. The second-order valence-electron chi connectivity index (χ2n) is 1.67. The molecule has 0 spiro atoms. The first kappa shape index (κ1) is 5.94. The van der Waals surface area contributed by atoms with E-state index in [0.717, 1.165) is 0 Å². The second-order valence-corrected chi connectivity index (χ2v) is 2.15. The van der Waals surface area contributed by atoms with Crippen LogP contribution in [0.1, 0.15) is 0 Å². The predicted molar refractivity (Wildman–Crippen MR) is 34.5 cm³/mol. The number of nitrogens with two attached hydrogens (primary N) is 1. The smallest absolute Gasteiger partial charge is 0.0972 e. The zero-order valence-corrected chi connectivity index (χ0v) is 5.20. The van der Waals surface area contributed by atoms with Crippen LogP contribution < -0.4 is 11.1 Å². The zero-order valence-electron chi connectivity index (χ0n) is 4.39. The molecule has 8 heavy (non-hydrogen) atoms. The van der Waals surface area contributed by atoms with E-state index in [2.05, 4.69) is 5.32 Å². The fourth-order valence-corrected chi connectivity index (χ4v) is 0.729. The van der Waals surface area contributed by atoms with Crippen LogP contribution in [0.25, 0.3) is 0 Å². The molecule has 1 heterocycles. The van der Waals surface area contributed by atoms with Crippen molar-refractivity contribution < 1.29 is 4.74 Å². The Labute approximate surface area is 53.2 Å². The molecule has 0 aromatic heterocycles. The van der Waals surface area contributed by atoms with E-state index in [-0.39, 0.29) is 6.04 Å². The van der Waals surface area contributed by atoms with Gasteiger partial charge in [-0.15, -0.1) is 0 Å². The molecule has 1 fully saturated rings. The first-order chi connectivity index (χ1) is 3.80. The molecule has 1 atom stereocenters. The molecule has 0 aliphatic carbocycles. The predicted octanol–water partition coefficient (Wildman–Crippen LogP) is -0.782. The van der Waals surface area contributed by atoms with E-state index >= 15 is 0 Å². The normalized spacial score (nSPS) is 28.2. The molecule has 1 aliphatic heterocycles. The molecule has 0 amide bonds. The van der Waals surface area contributed by atoms with Gasteiger partial charge in [0, 0.05) is 0 Å². The second kappa shape index (κ2) is 2.39. The molecule has 46 valence electrons. The van der Waals surface area contributed by atoms with E-state index < -0.39 is 0 Å². The lowest BCUT2D eigenvalue weighted by atomic mass is 10.3. The highest BCUT2D eigenvalue weighted by Crippen LogP contribution is 1.92. The summed E-state index contributed by atoms with van der Waals surface area (Å²) in [5.41, 5.74) is 5.29. The molecular weight excluding hydrogens is 124 g/mol. The minimum atomic E-state index is 0.102. The number of ether oxygens (including phenoxy) is 1. The van der Waals surface area contributed by atoms with Crippen LogP contribution in [0.3, 0.4) is 0 Å². The van der Waals surface area contributed by atoms with Gasteiger partial charge in [-0.05, 0) is 0 Å². The Bertz CT molecular complexity index is 100. The Hall–Kier alpha value is -0.190. The molecule has 1 aliphatic rings. The highest BCUT2D eigenvalue weighted by molar-refractivity contribution is 7.80. The summed E-state index contributed by atoms with van der Waals surface area (Å²) in [5.74, 6) is 0. The van der Waals surface area contributed by atoms with E-state index in [1.807, 2.05) is 0 Å². The Morgan fingerprint density at radius 3 is 2.88 bits per heavy atom. The van der Waals surface area contributed by atoms with Crippen LogP contribution in [0.4, 0.5) is 0 Å². The van der Waals surface area contributed by atoms with Crippen LogP contribution in [0.5, 0.6) is 0 Å². The SMILES string of the molecule is NC(=S)C1COCN1. The summed E-state index contributed by atoms with van der Waals surface area (Å²) >= 11 is 4.69. The fraction of sp³-hybridized carbons (Fsp3) is 0.750. The lowest BCUT2D eigenvalue weighted by Gasteiger charge is -2.02. The summed E-state index contributed by atoms with van der Waals surface area (Å²) in [7, 11) is 0. The van der Waals surface area contributed by atoms with E-state index in [0.29, 0.717) is 18.3 Å². The lowest BCUT2D eigenvalue weighted by molar-refractivity contribution is 0.192. The standard InChI is InChI=1S/C4H8N2OS/c5-4(8)3-1-7-2-6-3/h3,6H,1-2H2,(H2,5,8). The Morgan fingerprint density at radius 2 is 2.62 bits per heavy atom. The third-order valence-electron chi connectivity index (χ3n) is 1.06. The van der Waals surface area contributed by atoms with Gasteiger partial charge in [0.25, 0.3) is 0 Å². The molecule has 1 rings (SSSR count). The van der Waals surface area contributed by atoms with Crippen LogP contribution in [-0.4, -0.2) is 24.4 Å². The van der Waals surface area contributed by atoms with Gasteiger partial charge < -0.3 is 10.5 Å². The maximum atomic E-state index is 5.29. The van der Waals surface area contributed by atoms with Gasteiger partial charge in [0.15, 0.2) is 0 Å². The van der Waals surface area contributed by atoms with Gasteiger partial charge in [-0.1, -0.05) is 12.2 Å². The van der Waals surface area contributed by atoms with Crippen molar-refractivity contribution in [3.8, 4) is 0 Å². The largest absolute Gasteiger partial charge is 0.392 e. The Balaban J connectivity index is 2.35. The third kappa shape index (κ3) is 1.15. The van der Waals surface area contributed by atoms with Gasteiger partial charge in [0.1, 0.15) is 0 Å². The van der Waals surface area contributed by atoms with Crippen LogP contribution in [0.2, 0.25) is 0 Å². The van der Waals surface area contributed by atoms with E-state index in [9.17, 15) is 0 Å². The molecule has 0 saturated carbocycles. The summed E-state index contributed by atoms with van der Waals surface area (Å²) in [4.78, 5) is 0.488. The van der Waals surface area contributed by atoms with Crippen molar-refractivity contribution in [2.45, 2.75) is 6.04 Å². The summed E-state index contributed by atoms with van der Waals surface area (Å²) in [6, 6.07) is 0.102. The minimum Gasteiger partial charge on any atom is -0.392 e. The van der Waals surface area contributed by atoms with E-state index in [1.54, 1.807) is 0 Å². The monoisotopic (exact) mass is 132 g/mol. The topological polar surface area (TPSA) is 47.3 Å². The number of hydrogen-bond acceptors (Lipinski definition) is 3. The molecule has 3 N–H and O–H groups in total. The van der Waals surface area contributed by atoms with Crippen LogP contribution >= 0.6 is 12.2 Å². The molecular formula is C4H8N2OS. The molecule has 3 nitrogen and oxygen atoms in total. The number of thiocarbonyl (C=S) groups is 1. The maximum absolute atomic E-state index is 5.29. The highest BCUT2D eigenvalue weighted by Gasteiger charge is 2.15. The average molecular weight is 132 g/mol. The van der Waals surface area contributed by atoms with Gasteiger partial charge in [-0.3, -0.25) is 5.32 Å². The van der Waals surface area contributed by atoms with Crippen LogP contribution in [0, 0.1) is 0 Å². The van der Waals surface area contributed by atoms with Gasteiger partial charge in [0.2, 0.25) is 0 Å². The summed E-state index contributed by atoms with van der Waals surface area (Å²) in [6.07, 6.45) is 0. The summed E-state index contributed by atoms with van der Waals surface area (Å²) in [5, 5.41) is 2.97. The van der Waals surface area contributed by atoms with Gasteiger partial charge >= 0.3 is 0 Å². The van der Waals surface area contributed by atoms with Crippen molar-refractivity contribution >= 4 is 17.2 Å². The number of nitrogens with one attached hydrogen (secondary N) is 1. The summed E-state index contributed by atoms with van der Waals surface area (Å²) in [6.45, 7) is 1.19. The van der Waals surface area contributed by atoms with Gasteiger partial charge in [-0.25, -0.2) is 0 Å². The fourth-order valence-electron chi connectivity index (χ4n) is 0.578. The summed E-state index contributed by atoms with van der Waals surface area (Å²) < 4.78 is 4.94. The minimum absolute atomic E-state index is 0.102. The van der Waals surface area contributed by atoms with Crippen LogP contribution in [0.15, 0.2) is 0 Å². The van der Waals surface area contributed by atoms with Crippen LogP contribution in [-0.2, 0) is 4.74 Å². The Kier molecular flexibility index (Phi) is 1.77. The molecule has 0 bridgehead atoms. The molecule has 4 heteroatoms. The first-order valence-electron chi connectivity index (χ1n) is 2.41. The molecule has 0 radical (unpaired) electrons. The molecule has 1 saturated heterocycles. The van der Waals surface area contributed by atoms with Crippen molar-refractivity contribution in [1.82, 2.24) is 5.32 Å². The highest BCUT2D eigenvalue weighted by atomic mass is 32.1.